The fraction of sp³-hybridized carbons (Fsp3) is 0.588. The van der Waals surface area contributed by atoms with E-state index in [0.717, 1.165) is 37.7 Å². The topological polar surface area (TPSA) is 160 Å². The molecule has 5 fully saturated rings. The predicted octanol–water partition coefficient (Wildman–Crippen LogP) is 1.04. The molecule has 1 aromatic carbocycles. The minimum atomic E-state index is -0.927. The monoisotopic (exact) mass is 654 g/mol. The molecular weight excluding hydrogens is 612 g/mol. The number of carbonyl (C=O) groups is 4. The number of aromatic nitrogens is 6. The van der Waals surface area contributed by atoms with Crippen LogP contribution in [0.5, 0.6) is 0 Å². The number of amides is 4. The second-order valence-electron chi connectivity index (χ2n) is 14.7. The van der Waals surface area contributed by atoms with Gasteiger partial charge in [-0.25, -0.2) is 9.67 Å². The molecule has 2 aliphatic heterocycles. The summed E-state index contributed by atoms with van der Waals surface area (Å²) in [6, 6.07) is 7.78. The van der Waals surface area contributed by atoms with Gasteiger partial charge >= 0.3 is 0 Å². The van der Waals surface area contributed by atoms with Gasteiger partial charge in [-0.2, -0.15) is 5.10 Å². The Balaban J connectivity index is 1.08. The Labute approximate surface area is 278 Å². The molecule has 0 radical (unpaired) electrons. The molecule has 4 aliphatic carbocycles. The van der Waals surface area contributed by atoms with Crippen molar-refractivity contribution in [2.45, 2.75) is 88.5 Å². The normalized spacial score (nSPS) is 32.2. The first-order chi connectivity index (χ1) is 23.3. The third-order valence-corrected chi connectivity index (χ3v) is 11.4. The van der Waals surface area contributed by atoms with E-state index in [1.165, 1.54) is 0 Å². The molecule has 6 bridgehead atoms. The number of hydrogen-bond acceptors (Lipinski definition) is 8. The number of nitrogens with one attached hydrogen (secondary N) is 2. The molecule has 1 saturated heterocycles. The van der Waals surface area contributed by atoms with Gasteiger partial charge < -0.3 is 20.4 Å². The molecule has 6 aliphatic rings. The molecule has 9 rings (SSSR count). The van der Waals surface area contributed by atoms with Crippen LogP contribution in [-0.4, -0.2) is 94.9 Å². The average Bonchev–Trinajstić information content (AvgIpc) is 3.79. The Hall–Kier alpha value is -4.62. The number of fused-ring (bicyclic) bond motifs is 3. The summed E-state index contributed by atoms with van der Waals surface area (Å²) in [6.07, 6.45) is 11.7. The van der Waals surface area contributed by atoms with Gasteiger partial charge in [-0.15, -0.1) is 5.10 Å². The maximum absolute atomic E-state index is 14.7. The van der Waals surface area contributed by atoms with Crippen LogP contribution in [-0.2, 0) is 44.2 Å². The molecule has 2 aromatic heterocycles. The molecule has 3 aromatic rings. The standard InChI is InChI=1S/C34H42N10O4/c45-29-7-4-8-42-18-26(39-40-42)17-36-30(46)28-19-41(9-10-43(28)31(47)27(38-29)12-23-5-2-1-3-6-23)32(48)33-13-24-11-25(14-33)16-34(15-24,20-33)44-22-35-21-37-44/h1-3,5-6,18,21-22,24-25,27-28H,4,7-17,19-20H2,(H,36,46)(H,38,45)/t24?,25?,27-,28+,33?,34?/m0/s1. The number of aryl methyl sites for hydroxylation is 1. The second kappa shape index (κ2) is 12.1. The van der Waals surface area contributed by atoms with E-state index in [4.69, 9.17) is 0 Å². The Kier molecular flexibility index (Phi) is 7.75. The smallest absolute Gasteiger partial charge is 0.246 e. The minimum Gasteiger partial charge on any atom is -0.348 e. The van der Waals surface area contributed by atoms with Crippen molar-refractivity contribution in [2.75, 3.05) is 19.6 Å². The third kappa shape index (κ3) is 5.64. The zero-order chi connectivity index (χ0) is 32.9. The van der Waals surface area contributed by atoms with Crippen LogP contribution in [0.2, 0.25) is 0 Å². The highest BCUT2D eigenvalue weighted by molar-refractivity contribution is 5.93. The average molecular weight is 655 g/mol. The zero-order valence-electron chi connectivity index (χ0n) is 27.0. The predicted molar refractivity (Wildman–Crippen MR) is 170 cm³/mol. The molecule has 0 spiro atoms. The third-order valence-electron chi connectivity index (χ3n) is 11.4. The second-order valence-corrected chi connectivity index (χ2v) is 14.7. The Morgan fingerprint density at radius 2 is 1.81 bits per heavy atom. The number of carbonyl (C=O) groups excluding carboxylic acids is 4. The summed E-state index contributed by atoms with van der Waals surface area (Å²) in [7, 11) is 0. The molecule has 14 heteroatoms. The van der Waals surface area contributed by atoms with Gasteiger partial charge in [0.1, 0.15) is 30.4 Å². The molecule has 252 valence electrons. The first-order valence-electron chi connectivity index (χ1n) is 17.2. The van der Waals surface area contributed by atoms with Crippen molar-refractivity contribution < 1.29 is 19.2 Å². The molecule has 4 atom stereocenters. The van der Waals surface area contributed by atoms with Gasteiger partial charge in [-0.05, 0) is 62.3 Å². The van der Waals surface area contributed by atoms with Gasteiger partial charge in [-0.1, -0.05) is 35.5 Å². The number of rotatable bonds is 4. The van der Waals surface area contributed by atoms with Crippen molar-refractivity contribution in [3.8, 4) is 0 Å². The van der Waals surface area contributed by atoms with Crippen LogP contribution in [0.1, 0.15) is 62.6 Å². The summed E-state index contributed by atoms with van der Waals surface area (Å²) in [4.78, 5) is 63.9. The lowest BCUT2D eigenvalue weighted by Gasteiger charge is -2.61. The van der Waals surface area contributed by atoms with Gasteiger partial charge in [0.2, 0.25) is 23.6 Å². The highest BCUT2D eigenvalue weighted by Gasteiger charge is 2.62. The fourth-order valence-corrected chi connectivity index (χ4v) is 9.72. The van der Waals surface area contributed by atoms with E-state index in [9.17, 15) is 19.2 Å². The van der Waals surface area contributed by atoms with Crippen LogP contribution in [0, 0.1) is 17.3 Å². The van der Waals surface area contributed by atoms with Crippen molar-refractivity contribution >= 4 is 23.6 Å². The largest absolute Gasteiger partial charge is 0.348 e. The summed E-state index contributed by atoms with van der Waals surface area (Å²) in [5, 5.41) is 18.8. The number of hydrogen-bond donors (Lipinski definition) is 2. The van der Waals surface area contributed by atoms with Gasteiger partial charge in [-0.3, -0.25) is 23.9 Å². The number of piperazine rings is 1. The van der Waals surface area contributed by atoms with Crippen LogP contribution in [0.25, 0.3) is 0 Å². The lowest BCUT2D eigenvalue weighted by Crippen LogP contribution is -2.67. The quantitative estimate of drug-likeness (QED) is 0.422. The van der Waals surface area contributed by atoms with Crippen molar-refractivity contribution in [1.82, 2.24) is 50.2 Å². The first-order valence-corrected chi connectivity index (χ1v) is 17.2. The van der Waals surface area contributed by atoms with E-state index in [1.807, 2.05) is 39.9 Å². The maximum Gasteiger partial charge on any atom is 0.246 e. The molecule has 14 nitrogen and oxygen atoms in total. The summed E-state index contributed by atoms with van der Waals surface area (Å²) < 4.78 is 3.65. The van der Waals surface area contributed by atoms with Crippen molar-refractivity contribution in [2.24, 2.45) is 17.3 Å². The highest BCUT2D eigenvalue weighted by atomic mass is 16.2. The fourth-order valence-electron chi connectivity index (χ4n) is 9.72. The van der Waals surface area contributed by atoms with Crippen LogP contribution in [0.15, 0.2) is 49.2 Å². The van der Waals surface area contributed by atoms with Crippen molar-refractivity contribution in [1.29, 1.82) is 0 Å². The van der Waals surface area contributed by atoms with Crippen LogP contribution < -0.4 is 10.6 Å². The van der Waals surface area contributed by atoms with Crippen molar-refractivity contribution in [3.05, 3.63) is 60.4 Å². The summed E-state index contributed by atoms with van der Waals surface area (Å²) in [6.45, 7) is 1.23. The summed E-state index contributed by atoms with van der Waals surface area (Å²) >= 11 is 0. The molecule has 4 amide bonds. The highest BCUT2D eigenvalue weighted by Crippen LogP contribution is 2.64. The van der Waals surface area contributed by atoms with Gasteiger partial charge in [0.25, 0.3) is 0 Å². The van der Waals surface area contributed by atoms with E-state index >= 15 is 0 Å². The van der Waals surface area contributed by atoms with E-state index in [-0.39, 0.29) is 55.2 Å². The maximum atomic E-state index is 14.7. The molecule has 48 heavy (non-hydrogen) atoms. The minimum absolute atomic E-state index is 0.0777. The van der Waals surface area contributed by atoms with Crippen molar-refractivity contribution in [3.63, 3.8) is 0 Å². The summed E-state index contributed by atoms with van der Waals surface area (Å²) in [5.74, 6) is 0.0454. The molecule has 2 unspecified atom stereocenters. The number of nitrogens with zero attached hydrogens (tertiary/aromatic N) is 8. The van der Waals surface area contributed by atoms with E-state index in [0.29, 0.717) is 49.9 Å². The number of benzene rings is 1. The van der Waals surface area contributed by atoms with E-state index in [2.05, 4.69) is 31.0 Å². The van der Waals surface area contributed by atoms with E-state index in [1.54, 1.807) is 28.4 Å². The summed E-state index contributed by atoms with van der Waals surface area (Å²) in [5.41, 5.74) is 0.746. The SMILES string of the molecule is O=C1CCCn2cc(nn2)CNC(=O)[C@H]2CN(C(=O)C34CC5CC(C3)CC(n3cncn3)(C5)C4)CCN2C(=O)[C@H](Cc2ccccc2)N1. The van der Waals surface area contributed by atoms with Crippen LogP contribution in [0.4, 0.5) is 0 Å². The van der Waals surface area contributed by atoms with Crippen LogP contribution >= 0.6 is 0 Å². The Morgan fingerprint density at radius 3 is 2.58 bits per heavy atom. The first kappa shape index (κ1) is 30.7. The lowest BCUT2D eigenvalue weighted by atomic mass is 9.46. The Bertz CT molecular complexity index is 1680. The molecule has 4 saturated carbocycles. The van der Waals surface area contributed by atoms with Crippen LogP contribution in [0.3, 0.4) is 0 Å². The van der Waals surface area contributed by atoms with Gasteiger partial charge in [0.05, 0.1) is 30.2 Å². The Morgan fingerprint density at radius 1 is 1.00 bits per heavy atom. The van der Waals surface area contributed by atoms with E-state index < -0.39 is 17.5 Å². The van der Waals surface area contributed by atoms with Gasteiger partial charge in [0, 0.05) is 32.5 Å². The molecular formula is C34H42N10O4. The molecule has 2 N–H and O–H groups in total. The van der Waals surface area contributed by atoms with Gasteiger partial charge in [0.15, 0.2) is 0 Å². The zero-order valence-corrected chi connectivity index (χ0v) is 27.0. The molecule has 4 heterocycles. The lowest BCUT2D eigenvalue weighted by molar-refractivity contribution is -0.171.